The molecule has 1 aromatic carbocycles. The van der Waals surface area contributed by atoms with E-state index in [1.54, 1.807) is 29.2 Å². The summed E-state index contributed by atoms with van der Waals surface area (Å²) < 4.78 is 40.0. The molecular formula is C26H31ClF3N5O2. The number of aliphatic hydroxyl groups excluding tert-OH is 1. The third kappa shape index (κ3) is 5.42. The fourth-order valence-electron chi connectivity index (χ4n) is 6.14. The Labute approximate surface area is 219 Å². The number of anilines is 1. The van der Waals surface area contributed by atoms with E-state index < -0.39 is 30.8 Å². The number of alkyl halides is 3. The number of halogens is 4. The molecule has 2 fully saturated rings. The smallest absolute Gasteiger partial charge is 0.387 e. The number of carbonyl (C=O) groups excluding carboxylic acids is 1. The van der Waals surface area contributed by atoms with Crippen LogP contribution in [0, 0.1) is 0 Å². The Morgan fingerprint density at radius 3 is 2.51 bits per heavy atom. The quantitative estimate of drug-likeness (QED) is 0.618. The average Bonchev–Trinajstić information content (AvgIpc) is 3.42. The van der Waals surface area contributed by atoms with Crippen molar-refractivity contribution in [2.45, 2.75) is 56.3 Å². The monoisotopic (exact) mass is 537 g/mol. The van der Waals surface area contributed by atoms with Crippen LogP contribution in [0.5, 0.6) is 0 Å². The van der Waals surface area contributed by atoms with E-state index in [0.717, 1.165) is 11.4 Å². The fraction of sp³-hybridized carbons (Fsp3) is 0.577. The number of aromatic nitrogens is 2. The van der Waals surface area contributed by atoms with Gasteiger partial charge < -0.3 is 14.9 Å². The molecule has 0 bridgehead atoms. The second-order valence-corrected chi connectivity index (χ2v) is 10.7. The molecule has 4 atom stereocenters. The molecule has 3 aliphatic rings. The molecule has 0 saturated carbocycles. The minimum absolute atomic E-state index is 0.136. The summed E-state index contributed by atoms with van der Waals surface area (Å²) in [5.74, 6) is 0.0737. The van der Waals surface area contributed by atoms with Gasteiger partial charge in [0.2, 0.25) is 5.91 Å². The maximum absolute atomic E-state index is 13.9. The number of hydrogen-bond acceptors (Lipinski definition) is 6. The SMILES string of the molecule is C[C@@H]1C[C@@H](O)c2ncnc(N3CCN(C(=O)[C@@H](c4ccc(Cl)cc4)C4CCCN4CC(F)(F)F)CC3)c21. The van der Waals surface area contributed by atoms with Gasteiger partial charge in [-0.15, -0.1) is 0 Å². The topological polar surface area (TPSA) is 72.8 Å². The highest BCUT2D eigenvalue weighted by Crippen LogP contribution is 2.43. The van der Waals surface area contributed by atoms with Crippen LogP contribution in [0.1, 0.15) is 60.9 Å². The first-order valence-electron chi connectivity index (χ1n) is 12.7. The number of nitrogens with zero attached hydrogens (tertiary/aromatic N) is 5. The molecule has 0 radical (unpaired) electrons. The van der Waals surface area contributed by atoms with E-state index in [1.165, 1.54) is 11.2 Å². The highest BCUT2D eigenvalue weighted by atomic mass is 35.5. The molecule has 2 aromatic rings. The molecule has 1 aliphatic carbocycles. The van der Waals surface area contributed by atoms with Crippen LogP contribution in [0.4, 0.5) is 19.0 Å². The van der Waals surface area contributed by atoms with E-state index in [0.29, 0.717) is 68.3 Å². The maximum Gasteiger partial charge on any atom is 0.401 e. The van der Waals surface area contributed by atoms with Crippen molar-refractivity contribution >= 4 is 23.3 Å². The molecule has 1 amide bonds. The molecule has 2 aliphatic heterocycles. The van der Waals surface area contributed by atoms with Crippen LogP contribution < -0.4 is 4.90 Å². The molecular weight excluding hydrogens is 507 g/mol. The van der Waals surface area contributed by atoms with E-state index in [9.17, 15) is 23.1 Å². The molecule has 1 unspecified atom stereocenters. The maximum atomic E-state index is 13.9. The van der Waals surface area contributed by atoms with E-state index in [2.05, 4.69) is 14.9 Å². The first-order valence-corrected chi connectivity index (χ1v) is 13.1. The minimum Gasteiger partial charge on any atom is -0.387 e. The van der Waals surface area contributed by atoms with Crippen LogP contribution in [-0.2, 0) is 4.79 Å². The molecule has 37 heavy (non-hydrogen) atoms. The van der Waals surface area contributed by atoms with Gasteiger partial charge in [-0.1, -0.05) is 30.7 Å². The zero-order valence-electron chi connectivity index (χ0n) is 20.7. The van der Waals surface area contributed by atoms with Crippen molar-refractivity contribution in [2.75, 3.05) is 44.2 Å². The lowest BCUT2D eigenvalue weighted by atomic mass is 9.88. The third-order valence-corrected chi connectivity index (χ3v) is 8.10. The van der Waals surface area contributed by atoms with E-state index in [-0.39, 0.29) is 11.8 Å². The number of amides is 1. The Morgan fingerprint density at radius 1 is 1.14 bits per heavy atom. The molecule has 3 heterocycles. The zero-order chi connectivity index (χ0) is 26.3. The highest BCUT2D eigenvalue weighted by molar-refractivity contribution is 6.30. The van der Waals surface area contributed by atoms with Gasteiger partial charge in [-0.3, -0.25) is 9.69 Å². The van der Waals surface area contributed by atoms with Crippen LogP contribution in [-0.4, -0.2) is 82.3 Å². The fourth-order valence-corrected chi connectivity index (χ4v) is 6.27. The zero-order valence-corrected chi connectivity index (χ0v) is 21.4. The molecule has 1 N–H and O–H groups in total. The summed E-state index contributed by atoms with van der Waals surface area (Å²) in [7, 11) is 0. The lowest BCUT2D eigenvalue weighted by Gasteiger charge is -2.40. The van der Waals surface area contributed by atoms with Gasteiger partial charge >= 0.3 is 6.18 Å². The van der Waals surface area contributed by atoms with Crippen LogP contribution in [0.2, 0.25) is 5.02 Å². The van der Waals surface area contributed by atoms with Crippen molar-refractivity contribution in [3.63, 3.8) is 0 Å². The molecule has 5 rings (SSSR count). The standard InChI is InChI=1S/C26H31ClF3N5O2/c1-16-13-20(36)23-21(16)24(32-15-31-23)33-9-11-34(12-10-33)25(37)22(17-4-6-18(27)7-5-17)19-3-2-8-35(19)14-26(28,29)30/h4-7,15-16,19-20,22,36H,2-3,8-14H2,1H3/t16-,19?,20-,22+/m1/s1. The van der Waals surface area contributed by atoms with Crippen LogP contribution >= 0.6 is 11.6 Å². The average molecular weight is 538 g/mol. The van der Waals surface area contributed by atoms with Gasteiger partial charge in [0.1, 0.15) is 12.1 Å². The first kappa shape index (κ1) is 26.2. The number of likely N-dealkylation sites (tertiary alicyclic amines) is 1. The second-order valence-electron chi connectivity index (χ2n) is 10.3. The third-order valence-electron chi connectivity index (χ3n) is 7.85. The highest BCUT2D eigenvalue weighted by Gasteiger charge is 2.43. The van der Waals surface area contributed by atoms with Gasteiger partial charge in [0.15, 0.2) is 0 Å². The summed E-state index contributed by atoms with van der Waals surface area (Å²) in [4.78, 5) is 28.0. The van der Waals surface area contributed by atoms with Crippen molar-refractivity contribution in [3.8, 4) is 0 Å². The van der Waals surface area contributed by atoms with Gasteiger partial charge in [0.25, 0.3) is 0 Å². The van der Waals surface area contributed by atoms with Crippen molar-refractivity contribution in [3.05, 3.63) is 52.4 Å². The van der Waals surface area contributed by atoms with Crippen molar-refractivity contribution in [2.24, 2.45) is 0 Å². The number of rotatable bonds is 5. The predicted molar refractivity (Wildman–Crippen MR) is 134 cm³/mol. The number of carbonyl (C=O) groups is 1. The Morgan fingerprint density at radius 2 is 1.84 bits per heavy atom. The molecule has 11 heteroatoms. The van der Waals surface area contributed by atoms with E-state index >= 15 is 0 Å². The number of benzene rings is 1. The lowest BCUT2D eigenvalue weighted by molar-refractivity contribution is -0.152. The van der Waals surface area contributed by atoms with Gasteiger partial charge in [-0.2, -0.15) is 13.2 Å². The molecule has 0 spiro atoms. The van der Waals surface area contributed by atoms with Crippen molar-refractivity contribution < 1.29 is 23.1 Å². The van der Waals surface area contributed by atoms with Crippen LogP contribution in [0.3, 0.4) is 0 Å². The van der Waals surface area contributed by atoms with E-state index in [4.69, 9.17) is 11.6 Å². The normalized spacial score (nSPS) is 25.4. The van der Waals surface area contributed by atoms with Crippen molar-refractivity contribution in [1.29, 1.82) is 0 Å². The lowest BCUT2D eigenvalue weighted by Crippen LogP contribution is -2.53. The minimum atomic E-state index is -4.33. The van der Waals surface area contributed by atoms with Gasteiger partial charge in [0.05, 0.1) is 24.3 Å². The summed E-state index contributed by atoms with van der Waals surface area (Å²) in [5.41, 5.74) is 2.32. The van der Waals surface area contributed by atoms with E-state index in [1.807, 2.05) is 6.92 Å². The predicted octanol–water partition coefficient (Wildman–Crippen LogP) is 4.13. The summed E-state index contributed by atoms with van der Waals surface area (Å²) >= 11 is 6.07. The Balaban J connectivity index is 1.35. The Bertz CT molecular complexity index is 1120. The van der Waals surface area contributed by atoms with Gasteiger partial charge in [-0.05, 0) is 49.4 Å². The summed E-state index contributed by atoms with van der Waals surface area (Å²) in [6.07, 6.45) is -1.70. The summed E-state index contributed by atoms with van der Waals surface area (Å²) in [5, 5.41) is 10.8. The Hall–Kier alpha value is -2.43. The summed E-state index contributed by atoms with van der Waals surface area (Å²) in [6, 6.07) is 6.35. The molecule has 2 saturated heterocycles. The van der Waals surface area contributed by atoms with Crippen LogP contribution in [0.15, 0.2) is 30.6 Å². The van der Waals surface area contributed by atoms with Crippen molar-refractivity contribution in [1.82, 2.24) is 19.8 Å². The second kappa shape index (κ2) is 10.4. The molecule has 1 aromatic heterocycles. The molecule has 200 valence electrons. The van der Waals surface area contributed by atoms with Crippen LogP contribution in [0.25, 0.3) is 0 Å². The largest absolute Gasteiger partial charge is 0.401 e. The number of aliphatic hydroxyl groups is 1. The van der Waals surface area contributed by atoms with Gasteiger partial charge in [0, 0.05) is 42.8 Å². The number of fused-ring (bicyclic) bond motifs is 1. The van der Waals surface area contributed by atoms with Gasteiger partial charge in [-0.25, -0.2) is 9.97 Å². The molecule has 7 nitrogen and oxygen atoms in total. The Kier molecular flexibility index (Phi) is 7.35. The number of piperazine rings is 1. The summed E-state index contributed by atoms with van der Waals surface area (Å²) in [6.45, 7) is 3.30. The number of hydrogen-bond donors (Lipinski definition) is 1. The first-order chi connectivity index (χ1) is 17.6.